The Morgan fingerprint density at radius 3 is 3.05 bits per heavy atom. The molecule has 0 radical (unpaired) electrons. The van der Waals surface area contributed by atoms with Crippen molar-refractivity contribution in [2.45, 2.75) is 19.4 Å². The van der Waals surface area contributed by atoms with E-state index in [0.717, 1.165) is 6.42 Å². The molecule has 0 amide bonds. The van der Waals surface area contributed by atoms with Crippen LogP contribution in [-0.2, 0) is 9.53 Å². The minimum absolute atomic E-state index is 0.00936. The molecule has 0 spiro atoms. The van der Waals surface area contributed by atoms with E-state index in [1.54, 1.807) is 6.33 Å². The molecular formula is C13H16ClN5O3. The maximum absolute atomic E-state index is 10.9. The van der Waals surface area contributed by atoms with Gasteiger partial charge in [-0.1, -0.05) is 11.6 Å². The number of carbonyl (C=O) groups is 1. The first-order chi connectivity index (χ1) is 10.5. The number of imidazole rings is 1. The fourth-order valence-corrected chi connectivity index (χ4v) is 3.15. The molecular weight excluding hydrogens is 310 g/mol. The summed E-state index contributed by atoms with van der Waals surface area (Å²) in [7, 11) is 0. The molecule has 1 aliphatic carbocycles. The Balaban J connectivity index is 1.85. The normalized spacial score (nSPS) is 24.2. The lowest BCUT2D eigenvalue weighted by Crippen LogP contribution is -2.43. The van der Waals surface area contributed by atoms with E-state index in [9.17, 15) is 9.90 Å². The lowest BCUT2D eigenvalue weighted by atomic mass is 9.70. The number of rotatable bonds is 4. The molecule has 0 aromatic carbocycles. The molecule has 9 heteroatoms. The minimum atomic E-state index is -0.319. The lowest BCUT2D eigenvalue weighted by molar-refractivity contribution is -0.146. The number of hydrogen-bond acceptors (Lipinski definition) is 7. The average Bonchev–Trinajstić information content (AvgIpc) is 2.81. The third-order valence-corrected chi connectivity index (χ3v) is 4.37. The summed E-state index contributed by atoms with van der Waals surface area (Å²) in [5.41, 5.74) is 6.66. The van der Waals surface area contributed by atoms with Crippen LogP contribution in [0.2, 0.25) is 5.15 Å². The predicted octanol–water partition coefficient (Wildman–Crippen LogP) is 0.794. The van der Waals surface area contributed by atoms with Gasteiger partial charge >= 0.3 is 5.97 Å². The van der Waals surface area contributed by atoms with Gasteiger partial charge in [0.1, 0.15) is 5.52 Å². The van der Waals surface area contributed by atoms with E-state index in [4.69, 9.17) is 22.1 Å². The number of carbonyl (C=O) groups excluding carboxylic acids is 1. The number of nitrogens with two attached hydrogens (primary N) is 1. The molecule has 2 aromatic rings. The summed E-state index contributed by atoms with van der Waals surface area (Å²) >= 11 is 6.01. The zero-order valence-corrected chi connectivity index (χ0v) is 12.7. The number of nitrogens with zero attached hydrogens (tertiary/aromatic N) is 4. The molecule has 1 fully saturated rings. The standard InChI is InChI=1S/C13H16ClN5O3/c1-6(21)22-4-7-2-9(8(7)3-20)19-5-16-10-11(14)17-13(15)18-12(10)19/h5,7-9,20H,2-4H2,1H3,(H2,15,17,18)/t7-,8-,9-/m1/s1. The van der Waals surface area contributed by atoms with Crippen LogP contribution in [0.5, 0.6) is 0 Å². The van der Waals surface area contributed by atoms with Crippen LogP contribution in [0, 0.1) is 11.8 Å². The number of ether oxygens (including phenoxy) is 1. The Kier molecular flexibility index (Phi) is 3.88. The van der Waals surface area contributed by atoms with E-state index in [2.05, 4.69) is 15.0 Å². The highest BCUT2D eigenvalue weighted by Gasteiger charge is 2.43. The predicted molar refractivity (Wildman–Crippen MR) is 79.1 cm³/mol. The molecule has 1 saturated carbocycles. The summed E-state index contributed by atoms with van der Waals surface area (Å²) in [5, 5.41) is 9.82. The number of fused-ring (bicyclic) bond motifs is 1. The van der Waals surface area contributed by atoms with Gasteiger partial charge < -0.3 is 20.1 Å². The quantitative estimate of drug-likeness (QED) is 0.630. The number of aliphatic hydroxyl groups is 1. The van der Waals surface area contributed by atoms with Gasteiger partial charge in [-0.25, -0.2) is 4.98 Å². The SMILES string of the molecule is CC(=O)OC[C@H]1C[C@@H](n2cnc3c(Cl)nc(N)nc32)[C@@H]1CO. The first-order valence-electron chi connectivity index (χ1n) is 6.91. The highest BCUT2D eigenvalue weighted by Crippen LogP contribution is 2.45. The smallest absolute Gasteiger partial charge is 0.302 e. The third kappa shape index (κ3) is 2.48. The monoisotopic (exact) mass is 325 g/mol. The number of anilines is 1. The second kappa shape index (κ2) is 5.69. The van der Waals surface area contributed by atoms with Crippen molar-refractivity contribution in [2.24, 2.45) is 11.8 Å². The summed E-state index contributed by atoms with van der Waals surface area (Å²) in [6, 6.07) is 0.0147. The van der Waals surface area contributed by atoms with Crippen LogP contribution in [0.3, 0.4) is 0 Å². The zero-order valence-electron chi connectivity index (χ0n) is 11.9. The third-order valence-electron chi connectivity index (χ3n) is 4.11. The van der Waals surface area contributed by atoms with Crippen molar-refractivity contribution in [3.05, 3.63) is 11.5 Å². The zero-order chi connectivity index (χ0) is 15.9. The van der Waals surface area contributed by atoms with Crippen LogP contribution < -0.4 is 5.73 Å². The molecule has 0 aliphatic heterocycles. The average molecular weight is 326 g/mol. The van der Waals surface area contributed by atoms with Gasteiger partial charge in [-0.2, -0.15) is 9.97 Å². The number of nitrogen functional groups attached to an aromatic ring is 1. The van der Waals surface area contributed by atoms with Gasteiger partial charge in [-0.05, 0) is 6.42 Å². The van der Waals surface area contributed by atoms with Gasteiger partial charge in [0.25, 0.3) is 0 Å². The van der Waals surface area contributed by atoms with E-state index in [1.165, 1.54) is 6.92 Å². The second-order valence-electron chi connectivity index (χ2n) is 5.41. The molecule has 0 bridgehead atoms. The van der Waals surface area contributed by atoms with Gasteiger partial charge in [0.05, 0.1) is 12.9 Å². The Bertz CT molecular complexity index is 719. The molecule has 3 N–H and O–H groups in total. The van der Waals surface area contributed by atoms with Crippen molar-refractivity contribution in [1.82, 2.24) is 19.5 Å². The van der Waals surface area contributed by atoms with E-state index >= 15 is 0 Å². The van der Waals surface area contributed by atoms with Gasteiger partial charge in [0.15, 0.2) is 10.8 Å². The molecule has 0 unspecified atom stereocenters. The topological polar surface area (TPSA) is 116 Å². The molecule has 3 atom stereocenters. The second-order valence-corrected chi connectivity index (χ2v) is 5.77. The summed E-state index contributed by atoms with van der Waals surface area (Å²) < 4.78 is 6.88. The summed E-state index contributed by atoms with van der Waals surface area (Å²) in [5.74, 6) is -0.158. The van der Waals surface area contributed by atoms with Gasteiger partial charge in [-0.15, -0.1) is 0 Å². The van der Waals surface area contributed by atoms with Crippen molar-refractivity contribution in [1.29, 1.82) is 0 Å². The Morgan fingerprint density at radius 2 is 2.36 bits per heavy atom. The number of halogens is 1. The van der Waals surface area contributed by atoms with Crippen molar-refractivity contribution in [3.63, 3.8) is 0 Å². The Hall–Kier alpha value is -1.93. The van der Waals surface area contributed by atoms with E-state index in [1.807, 2.05) is 4.57 Å². The van der Waals surface area contributed by atoms with Crippen LogP contribution in [-0.4, -0.2) is 43.8 Å². The van der Waals surface area contributed by atoms with Gasteiger partial charge in [-0.3, -0.25) is 4.79 Å². The highest BCUT2D eigenvalue weighted by atomic mass is 35.5. The number of aliphatic hydroxyl groups excluding tert-OH is 1. The van der Waals surface area contributed by atoms with Crippen LogP contribution in [0.25, 0.3) is 11.2 Å². The Labute approximate surface area is 131 Å². The molecule has 1 aliphatic rings. The molecule has 3 rings (SSSR count). The highest BCUT2D eigenvalue weighted by molar-refractivity contribution is 6.33. The van der Waals surface area contributed by atoms with Crippen LogP contribution in [0.4, 0.5) is 5.95 Å². The Morgan fingerprint density at radius 1 is 1.59 bits per heavy atom. The molecule has 8 nitrogen and oxygen atoms in total. The largest absolute Gasteiger partial charge is 0.466 e. The molecule has 0 saturated heterocycles. The molecule has 2 aromatic heterocycles. The minimum Gasteiger partial charge on any atom is -0.466 e. The number of aromatic nitrogens is 4. The first-order valence-corrected chi connectivity index (χ1v) is 7.28. The van der Waals surface area contributed by atoms with Crippen molar-refractivity contribution in [3.8, 4) is 0 Å². The van der Waals surface area contributed by atoms with Crippen molar-refractivity contribution < 1.29 is 14.6 Å². The van der Waals surface area contributed by atoms with Gasteiger partial charge in [0, 0.05) is 31.4 Å². The number of esters is 1. The lowest BCUT2D eigenvalue weighted by Gasteiger charge is -2.44. The fraction of sp³-hybridized carbons (Fsp3) is 0.538. The fourth-order valence-electron chi connectivity index (χ4n) is 2.93. The summed E-state index contributed by atoms with van der Waals surface area (Å²) in [6.07, 6.45) is 2.38. The molecule has 118 valence electrons. The van der Waals surface area contributed by atoms with E-state index in [-0.39, 0.29) is 41.6 Å². The first kappa shape index (κ1) is 15.0. The van der Waals surface area contributed by atoms with E-state index < -0.39 is 0 Å². The van der Waals surface area contributed by atoms with E-state index in [0.29, 0.717) is 17.8 Å². The van der Waals surface area contributed by atoms with Crippen LogP contribution in [0.15, 0.2) is 6.33 Å². The maximum Gasteiger partial charge on any atom is 0.302 e. The molecule has 2 heterocycles. The number of hydrogen-bond donors (Lipinski definition) is 2. The summed E-state index contributed by atoms with van der Waals surface area (Å²) in [4.78, 5) is 23.2. The van der Waals surface area contributed by atoms with Crippen LogP contribution in [0.1, 0.15) is 19.4 Å². The maximum atomic E-state index is 10.9. The van der Waals surface area contributed by atoms with Crippen molar-refractivity contribution >= 4 is 34.7 Å². The summed E-state index contributed by atoms with van der Waals surface area (Å²) in [6.45, 7) is 1.67. The molecule has 22 heavy (non-hydrogen) atoms. The van der Waals surface area contributed by atoms with Crippen molar-refractivity contribution in [2.75, 3.05) is 18.9 Å². The van der Waals surface area contributed by atoms with Gasteiger partial charge in [0.2, 0.25) is 5.95 Å². The van der Waals surface area contributed by atoms with Crippen LogP contribution >= 0.6 is 11.6 Å².